The number of aliphatic hydroxyl groups excluding tert-OH is 1. The van der Waals surface area contributed by atoms with Gasteiger partial charge in [-0.05, 0) is 33.1 Å². The second kappa shape index (κ2) is 7.40. The Kier molecular flexibility index (Phi) is 5.55. The number of piperidine rings is 1. The van der Waals surface area contributed by atoms with Crippen molar-refractivity contribution in [2.24, 2.45) is 0 Å². The second-order valence-corrected chi connectivity index (χ2v) is 5.57. The maximum atomic E-state index is 9.54. The Morgan fingerprint density at radius 1 is 1.24 bits per heavy atom. The number of nitrogens with zero attached hydrogens (tertiary/aromatic N) is 5. The van der Waals surface area contributed by atoms with Crippen molar-refractivity contribution in [3.8, 4) is 0 Å². The largest absolute Gasteiger partial charge is 0.392 e. The Morgan fingerprint density at radius 2 is 1.95 bits per heavy atom. The first-order valence-corrected chi connectivity index (χ1v) is 7.74. The van der Waals surface area contributed by atoms with Crippen LogP contribution in [-0.4, -0.2) is 59.4 Å². The molecule has 0 aliphatic carbocycles. The van der Waals surface area contributed by atoms with Gasteiger partial charge in [0.1, 0.15) is 0 Å². The zero-order valence-electron chi connectivity index (χ0n) is 13.2. The summed E-state index contributed by atoms with van der Waals surface area (Å²) in [4.78, 5) is 17.6. The Hall–Kier alpha value is -1.63. The van der Waals surface area contributed by atoms with Crippen LogP contribution in [0.5, 0.6) is 0 Å². The molecule has 7 nitrogen and oxygen atoms in total. The van der Waals surface area contributed by atoms with Crippen LogP contribution in [0.3, 0.4) is 0 Å². The lowest BCUT2D eigenvalue weighted by Gasteiger charge is -2.28. The Balaban J connectivity index is 2.24. The minimum Gasteiger partial charge on any atom is -0.392 e. The predicted octanol–water partition coefficient (Wildman–Crippen LogP) is 1.11. The first-order valence-electron chi connectivity index (χ1n) is 7.74. The first kappa shape index (κ1) is 15.8. The van der Waals surface area contributed by atoms with Crippen molar-refractivity contribution in [3.05, 3.63) is 0 Å². The van der Waals surface area contributed by atoms with Crippen LogP contribution in [0.4, 0.5) is 17.8 Å². The van der Waals surface area contributed by atoms with Crippen molar-refractivity contribution in [1.29, 1.82) is 0 Å². The maximum Gasteiger partial charge on any atom is 0.231 e. The zero-order chi connectivity index (χ0) is 15.2. The summed E-state index contributed by atoms with van der Waals surface area (Å²) < 4.78 is 0. The van der Waals surface area contributed by atoms with E-state index in [1.54, 1.807) is 6.92 Å². The third-order valence-electron chi connectivity index (χ3n) is 3.47. The topological polar surface area (TPSA) is 77.4 Å². The molecule has 0 bridgehead atoms. The fourth-order valence-electron chi connectivity index (χ4n) is 2.48. The molecular weight excluding hydrogens is 268 g/mol. The van der Waals surface area contributed by atoms with E-state index in [0.717, 1.165) is 25.6 Å². The Labute approximate surface area is 126 Å². The van der Waals surface area contributed by atoms with Gasteiger partial charge < -0.3 is 20.2 Å². The number of nitrogens with one attached hydrogen (secondary N) is 1. The smallest absolute Gasteiger partial charge is 0.231 e. The SMILES string of the molecule is CCNc1nc(N(C)CC(C)O)nc(N2CCCCC2)n1. The molecule has 1 aliphatic rings. The van der Waals surface area contributed by atoms with Crippen LogP contribution >= 0.6 is 0 Å². The van der Waals surface area contributed by atoms with Crippen molar-refractivity contribution in [3.63, 3.8) is 0 Å². The van der Waals surface area contributed by atoms with Crippen LogP contribution in [0.25, 0.3) is 0 Å². The van der Waals surface area contributed by atoms with Crippen molar-refractivity contribution in [2.45, 2.75) is 39.2 Å². The zero-order valence-corrected chi connectivity index (χ0v) is 13.2. The molecule has 7 heteroatoms. The van der Waals surface area contributed by atoms with E-state index < -0.39 is 6.10 Å². The molecule has 1 atom stereocenters. The van der Waals surface area contributed by atoms with Crippen molar-refractivity contribution >= 4 is 17.8 Å². The summed E-state index contributed by atoms with van der Waals surface area (Å²) in [5.74, 6) is 1.93. The molecule has 0 spiro atoms. The molecule has 1 unspecified atom stereocenters. The Morgan fingerprint density at radius 3 is 2.57 bits per heavy atom. The van der Waals surface area contributed by atoms with Gasteiger partial charge in [-0.25, -0.2) is 0 Å². The molecular formula is C14H26N6O. The van der Waals surface area contributed by atoms with Gasteiger partial charge in [-0.15, -0.1) is 0 Å². The van der Waals surface area contributed by atoms with E-state index in [9.17, 15) is 5.11 Å². The molecule has 21 heavy (non-hydrogen) atoms. The van der Waals surface area contributed by atoms with E-state index in [0.29, 0.717) is 18.4 Å². The summed E-state index contributed by atoms with van der Waals surface area (Å²) in [5, 5.41) is 12.7. The summed E-state index contributed by atoms with van der Waals surface area (Å²) in [6.07, 6.45) is 3.21. The van der Waals surface area contributed by atoms with Gasteiger partial charge in [0, 0.05) is 33.2 Å². The Bertz CT molecular complexity index is 447. The fourth-order valence-corrected chi connectivity index (χ4v) is 2.48. The molecule has 118 valence electrons. The average Bonchev–Trinajstić information content (AvgIpc) is 2.47. The third kappa shape index (κ3) is 4.42. The molecule has 0 amide bonds. The van der Waals surface area contributed by atoms with Crippen LogP contribution in [0, 0.1) is 0 Å². The molecule has 1 fully saturated rings. The number of aliphatic hydroxyl groups is 1. The van der Waals surface area contributed by atoms with Crippen LogP contribution in [-0.2, 0) is 0 Å². The van der Waals surface area contributed by atoms with Crippen LogP contribution in [0.1, 0.15) is 33.1 Å². The van der Waals surface area contributed by atoms with E-state index in [1.165, 1.54) is 19.3 Å². The van der Waals surface area contributed by atoms with Crippen molar-refractivity contribution < 1.29 is 5.11 Å². The highest BCUT2D eigenvalue weighted by Gasteiger charge is 2.18. The summed E-state index contributed by atoms with van der Waals surface area (Å²) in [6, 6.07) is 0. The maximum absolute atomic E-state index is 9.54. The quantitative estimate of drug-likeness (QED) is 0.813. The lowest BCUT2D eigenvalue weighted by atomic mass is 10.1. The number of likely N-dealkylation sites (N-methyl/N-ethyl adjacent to an activating group) is 1. The van der Waals surface area contributed by atoms with Crippen molar-refractivity contribution in [1.82, 2.24) is 15.0 Å². The highest BCUT2D eigenvalue weighted by atomic mass is 16.3. The van der Waals surface area contributed by atoms with Gasteiger partial charge in [0.15, 0.2) is 0 Å². The van der Waals surface area contributed by atoms with Gasteiger partial charge in [0.05, 0.1) is 6.10 Å². The molecule has 2 rings (SSSR count). The standard InChI is InChI=1S/C14H26N6O/c1-4-15-12-16-13(19(3)10-11(2)21)18-14(17-12)20-8-6-5-7-9-20/h11,21H,4-10H2,1-3H3,(H,15,16,17,18). The van der Waals surface area contributed by atoms with Gasteiger partial charge in [0.2, 0.25) is 17.8 Å². The van der Waals surface area contributed by atoms with E-state index in [2.05, 4.69) is 25.2 Å². The molecule has 1 aromatic rings. The highest BCUT2D eigenvalue weighted by molar-refractivity contribution is 5.45. The normalized spacial score (nSPS) is 16.7. The predicted molar refractivity (Wildman–Crippen MR) is 85.0 cm³/mol. The van der Waals surface area contributed by atoms with Gasteiger partial charge in [-0.1, -0.05) is 0 Å². The van der Waals surface area contributed by atoms with Gasteiger partial charge in [-0.3, -0.25) is 0 Å². The lowest BCUT2D eigenvalue weighted by Crippen LogP contribution is -2.33. The van der Waals surface area contributed by atoms with Crippen LogP contribution < -0.4 is 15.1 Å². The van der Waals surface area contributed by atoms with Crippen LogP contribution in [0.2, 0.25) is 0 Å². The third-order valence-corrected chi connectivity index (χ3v) is 3.47. The molecule has 0 aromatic carbocycles. The van der Waals surface area contributed by atoms with E-state index in [-0.39, 0.29) is 0 Å². The molecule has 1 saturated heterocycles. The highest BCUT2D eigenvalue weighted by Crippen LogP contribution is 2.19. The number of aromatic nitrogens is 3. The van der Waals surface area contributed by atoms with Gasteiger partial charge >= 0.3 is 0 Å². The average molecular weight is 294 g/mol. The lowest BCUT2D eigenvalue weighted by molar-refractivity contribution is 0.201. The minimum atomic E-state index is -0.423. The van der Waals surface area contributed by atoms with E-state index in [1.807, 2.05) is 18.9 Å². The van der Waals surface area contributed by atoms with Gasteiger partial charge in [0.25, 0.3) is 0 Å². The monoisotopic (exact) mass is 294 g/mol. The number of hydrogen-bond donors (Lipinski definition) is 2. The van der Waals surface area contributed by atoms with E-state index >= 15 is 0 Å². The van der Waals surface area contributed by atoms with Crippen molar-refractivity contribution in [2.75, 3.05) is 48.3 Å². The molecule has 1 aliphatic heterocycles. The fraction of sp³-hybridized carbons (Fsp3) is 0.786. The van der Waals surface area contributed by atoms with Gasteiger partial charge in [-0.2, -0.15) is 15.0 Å². The molecule has 1 aromatic heterocycles. The summed E-state index contributed by atoms with van der Waals surface area (Å²) in [7, 11) is 1.89. The van der Waals surface area contributed by atoms with Crippen LogP contribution in [0.15, 0.2) is 0 Å². The number of hydrogen-bond acceptors (Lipinski definition) is 7. The number of anilines is 3. The molecule has 2 heterocycles. The summed E-state index contributed by atoms with van der Waals surface area (Å²) in [5.41, 5.74) is 0. The van der Waals surface area contributed by atoms with E-state index in [4.69, 9.17) is 0 Å². The summed E-state index contributed by atoms with van der Waals surface area (Å²) in [6.45, 7) is 7.03. The first-order chi connectivity index (χ1) is 10.1. The minimum absolute atomic E-state index is 0.423. The molecule has 2 N–H and O–H groups in total. The second-order valence-electron chi connectivity index (χ2n) is 5.57. The molecule has 0 radical (unpaired) electrons. The summed E-state index contributed by atoms with van der Waals surface area (Å²) >= 11 is 0. The molecule has 0 saturated carbocycles. The number of rotatable bonds is 6.